The molecular formula is C5H6N4O. The van der Waals surface area contributed by atoms with Gasteiger partial charge in [0.15, 0.2) is 0 Å². The maximum Gasteiger partial charge on any atom is 0.227 e. The van der Waals surface area contributed by atoms with Gasteiger partial charge in [-0.2, -0.15) is 10.2 Å². The molecule has 0 aliphatic carbocycles. The fraction of sp³-hybridized carbons (Fsp3) is 0. The molecule has 0 atom stereocenters. The Bertz CT molecular complexity index is 216. The molecule has 1 heterocycles. The van der Waals surface area contributed by atoms with E-state index in [0.717, 1.165) is 5.69 Å². The second-order valence-corrected chi connectivity index (χ2v) is 1.52. The molecule has 0 fully saturated rings. The van der Waals surface area contributed by atoms with E-state index in [2.05, 4.69) is 20.7 Å². The highest BCUT2D eigenvalue weighted by Gasteiger charge is 1.83. The predicted molar refractivity (Wildman–Crippen MR) is 35.4 cm³/mol. The molecule has 2 N–H and O–H groups in total. The van der Waals surface area contributed by atoms with Gasteiger partial charge in [-0.1, -0.05) is 0 Å². The maximum atomic E-state index is 9.68. The Labute approximate surface area is 57.1 Å². The number of hydrogen-bond acceptors (Lipinski definition) is 3. The lowest BCUT2D eigenvalue weighted by molar-refractivity contribution is -0.109. The fourth-order valence-electron chi connectivity index (χ4n) is 0.476. The molecule has 1 aromatic rings. The number of rotatable bonds is 3. The highest BCUT2D eigenvalue weighted by molar-refractivity contribution is 5.76. The van der Waals surface area contributed by atoms with Crippen LogP contribution in [0.4, 0.5) is 0 Å². The summed E-state index contributed by atoms with van der Waals surface area (Å²) in [5, 5.41) is 9.83. The number of carbonyl (C=O) groups excluding carboxylic acids is 1. The maximum absolute atomic E-state index is 9.68. The van der Waals surface area contributed by atoms with Crippen molar-refractivity contribution in [2.75, 3.05) is 0 Å². The zero-order chi connectivity index (χ0) is 7.23. The van der Waals surface area contributed by atoms with Gasteiger partial charge in [0.05, 0.1) is 11.9 Å². The van der Waals surface area contributed by atoms with Gasteiger partial charge in [-0.15, -0.1) is 0 Å². The van der Waals surface area contributed by atoms with E-state index in [-0.39, 0.29) is 0 Å². The number of hydrogen-bond donors (Lipinski definition) is 2. The Kier molecular flexibility index (Phi) is 2.19. The zero-order valence-electron chi connectivity index (χ0n) is 5.11. The van der Waals surface area contributed by atoms with E-state index >= 15 is 0 Å². The Morgan fingerprint density at radius 3 is 3.30 bits per heavy atom. The third-order valence-electron chi connectivity index (χ3n) is 0.853. The molecule has 5 nitrogen and oxygen atoms in total. The van der Waals surface area contributed by atoms with Crippen LogP contribution in [-0.4, -0.2) is 22.8 Å². The standard InChI is InChI=1S/C5H6N4O/c10-4-8-7-3-5-1-2-6-9-5/h1-4H,(H,6,9)(H,8,10)/b7-3+. The second-order valence-electron chi connectivity index (χ2n) is 1.52. The smallest absolute Gasteiger partial charge is 0.227 e. The van der Waals surface area contributed by atoms with Crippen LogP contribution in [0.15, 0.2) is 17.4 Å². The molecular weight excluding hydrogens is 132 g/mol. The number of carbonyl (C=O) groups is 1. The summed E-state index contributed by atoms with van der Waals surface area (Å²) in [4.78, 5) is 9.68. The highest BCUT2D eigenvalue weighted by Crippen LogP contribution is 1.83. The van der Waals surface area contributed by atoms with Crippen LogP contribution in [0.3, 0.4) is 0 Å². The molecule has 52 valence electrons. The summed E-state index contributed by atoms with van der Waals surface area (Å²) >= 11 is 0. The van der Waals surface area contributed by atoms with Crippen molar-refractivity contribution in [1.82, 2.24) is 15.6 Å². The van der Waals surface area contributed by atoms with E-state index in [1.165, 1.54) is 6.21 Å². The molecule has 10 heavy (non-hydrogen) atoms. The first kappa shape index (κ1) is 6.47. The molecule has 0 radical (unpaired) electrons. The molecule has 0 aliphatic rings. The summed E-state index contributed by atoms with van der Waals surface area (Å²) in [7, 11) is 0. The molecule has 0 bridgehead atoms. The average molecular weight is 138 g/mol. The number of nitrogens with zero attached hydrogens (tertiary/aromatic N) is 2. The monoisotopic (exact) mass is 138 g/mol. The number of hydrazone groups is 1. The summed E-state index contributed by atoms with van der Waals surface area (Å²) in [5.41, 5.74) is 2.87. The van der Waals surface area contributed by atoms with E-state index in [1.54, 1.807) is 12.3 Å². The molecule has 0 unspecified atom stereocenters. The summed E-state index contributed by atoms with van der Waals surface area (Å²) in [6.07, 6.45) is 3.55. The predicted octanol–water partition coefficient (Wildman–Crippen LogP) is -0.510. The van der Waals surface area contributed by atoms with Gasteiger partial charge in [0.25, 0.3) is 0 Å². The van der Waals surface area contributed by atoms with Crippen LogP contribution in [0.2, 0.25) is 0 Å². The first-order chi connectivity index (χ1) is 4.93. The molecule has 5 heteroatoms. The van der Waals surface area contributed by atoms with Crippen LogP contribution in [0, 0.1) is 0 Å². The largest absolute Gasteiger partial charge is 0.277 e. The summed E-state index contributed by atoms with van der Waals surface area (Å²) in [6, 6.07) is 1.73. The zero-order valence-corrected chi connectivity index (χ0v) is 5.11. The molecule has 1 aromatic heterocycles. The SMILES string of the molecule is O=CN/N=C/c1ccn[nH]1. The van der Waals surface area contributed by atoms with Crippen LogP contribution in [0.25, 0.3) is 0 Å². The van der Waals surface area contributed by atoms with Gasteiger partial charge >= 0.3 is 0 Å². The van der Waals surface area contributed by atoms with Crippen LogP contribution in [-0.2, 0) is 4.79 Å². The van der Waals surface area contributed by atoms with Gasteiger partial charge < -0.3 is 0 Å². The van der Waals surface area contributed by atoms with Gasteiger partial charge in [-0.05, 0) is 6.07 Å². The minimum Gasteiger partial charge on any atom is -0.277 e. The lowest BCUT2D eigenvalue weighted by Gasteiger charge is -1.81. The molecule has 1 amide bonds. The topological polar surface area (TPSA) is 70.1 Å². The molecule has 0 spiro atoms. The molecule has 1 rings (SSSR count). The van der Waals surface area contributed by atoms with E-state index < -0.39 is 0 Å². The Morgan fingerprint density at radius 1 is 1.80 bits per heavy atom. The lowest BCUT2D eigenvalue weighted by Crippen LogP contribution is -2.00. The quantitative estimate of drug-likeness (QED) is 0.335. The summed E-state index contributed by atoms with van der Waals surface area (Å²) < 4.78 is 0. The van der Waals surface area contributed by atoms with E-state index in [1.807, 2.05) is 0 Å². The molecule has 0 aromatic carbocycles. The summed E-state index contributed by atoms with van der Waals surface area (Å²) in [6.45, 7) is 0. The first-order valence-electron chi connectivity index (χ1n) is 2.65. The number of aromatic nitrogens is 2. The normalized spacial score (nSPS) is 10.0. The van der Waals surface area contributed by atoms with Crippen LogP contribution < -0.4 is 5.43 Å². The van der Waals surface area contributed by atoms with E-state index in [0.29, 0.717) is 6.41 Å². The first-order valence-corrected chi connectivity index (χ1v) is 2.65. The van der Waals surface area contributed by atoms with Gasteiger partial charge in [0, 0.05) is 6.20 Å². The second kappa shape index (κ2) is 3.39. The van der Waals surface area contributed by atoms with Crippen molar-refractivity contribution >= 4 is 12.6 Å². The number of aromatic amines is 1. The fourth-order valence-corrected chi connectivity index (χ4v) is 0.476. The minimum absolute atomic E-state index is 0.493. The molecule has 0 saturated heterocycles. The third kappa shape index (κ3) is 1.70. The minimum atomic E-state index is 0.493. The van der Waals surface area contributed by atoms with Crippen molar-refractivity contribution in [3.8, 4) is 0 Å². The van der Waals surface area contributed by atoms with Gasteiger partial charge in [0.1, 0.15) is 0 Å². The number of amides is 1. The van der Waals surface area contributed by atoms with Crippen molar-refractivity contribution in [1.29, 1.82) is 0 Å². The Morgan fingerprint density at radius 2 is 2.70 bits per heavy atom. The van der Waals surface area contributed by atoms with Crippen molar-refractivity contribution in [3.05, 3.63) is 18.0 Å². The summed E-state index contributed by atoms with van der Waals surface area (Å²) in [5.74, 6) is 0. The molecule has 0 aliphatic heterocycles. The van der Waals surface area contributed by atoms with Crippen molar-refractivity contribution in [3.63, 3.8) is 0 Å². The van der Waals surface area contributed by atoms with Gasteiger partial charge in [-0.25, -0.2) is 5.43 Å². The van der Waals surface area contributed by atoms with E-state index in [9.17, 15) is 4.79 Å². The van der Waals surface area contributed by atoms with E-state index in [4.69, 9.17) is 0 Å². The highest BCUT2D eigenvalue weighted by atomic mass is 16.1. The molecule has 0 saturated carbocycles. The van der Waals surface area contributed by atoms with Gasteiger partial charge in [0.2, 0.25) is 6.41 Å². The van der Waals surface area contributed by atoms with Crippen molar-refractivity contribution in [2.24, 2.45) is 5.10 Å². The van der Waals surface area contributed by atoms with Crippen LogP contribution in [0.1, 0.15) is 5.69 Å². The van der Waals surface area contributed by atoms with Gasteiger partial charge in [-0.3, -0.25) is 9.89 Å². The average Bonchev–Trinajstić information content (AvgIpc) is 2.41. The third-order valence-corrected chi connectivity index (χ3v) is 0.853. The Hall–Kier alpha value is -1.65. The number of H-pyrrole nitrogens is 1. The van der Waals surface area contributed by atoms with Crippen LogP contribution in [0.5, 0.6) is 0 Å². The van der Waals surface area contributed by atoms with Crippen LogP contribution >= 0.6 is 0 Å². The lowest BCUT2D eigenvalue weighted by atomic mass is 10.5. The van der Waals surface area contributed by atoms with Crippen molar-refractivity contribution in [2.45, 2.75) is 0 Å². The Balaban J connectivity index is 2.47. The van der Waals surface area contributed by atoms with Crippen molar-refractivity contribution < 1.29 is 4.79 Å². The number of nitrogens with one attached hydrogen (secondary N) is 2.